The van der Waals surface area contributed by atoms with Crippen LogP contribution >= 0.6 is 0 Å². The van der Waals surface area contributed by atoms with Crippen LogP contribution in [0.1, 0.15) is 20.8 Å². The van der Waals surface area contributed by atoms with Gasteiger partial charge in [0.25, 0.3) is 0 Å². The molecule has 0 saturated heterocycles. The number of carboxylic acid groups (broad SMARTS) is 1. The van der Waals surface area contributed by atoms with Gasteiger partial charge in [0.1, 0.15) is 5.75 Å². The Balaban J connectivity index is 2.76. The van der Waals surface area contributed by atoms with Crippen molar-refractivity contribution in [2.75, 3.05) is 18.0 Å². The summed E-state index contributed by atoms with van der Waals surface area (Å²) in [5.74, 6) is -0.905. The minimum Gasteiger partial charge on any atom is -0.508 e. The zero-order valence-electron chi connectivity index (χ0n) is 11.9. The van der Waals surface area contributed by atoms with Gasteiger partial charge in [-0.3, -0.25) is 9.69 Å². The molecule has 0 spiro atoms. The van der Waals surface area contributed by atoms with Crippen molar-refractivity contribution in [3.8, 4) is 5.75 Å². The summed E-state index contributed by atoms with van der Waals surface area (Å²) >= 11 is 0. The van der Waals surface area contributed by atoms with Gasteiger partial charge in [-0.25, -0.2) is 4.79 Å². The fourth-order valence-electron chi connectivity index (χ4n) is 1.57. The van der Waals surface area contributed by atoms with E-state index in [4.69, 9.17) is 5.11 Å². The highest BCUT2D eigenvalue weighted by Crippen LogP contribution is 2.20. The fourth-order valence-corrected chi connectivity index (χ4v) is 1.57. The molecule has 0 aromatic heterocycles. The summed E-state index contributed by atoms with van der Waals surface area (Å²) in [7, 11) is 0. The number of phenols is 1. The number of hydrogen-bond acceptors (Lipinski definition) is 3. The smallest absolute Gasteiger partial charge is 0.321 e. The zero-order valence-corrected chi connectivity index (χ0v) is 11.9. The van der Waals surface area contributed by atoms with Crippen LogP contribution in [0.2, 0.25) is 0 Å². The quantitative estimate of drug-likeness (QED) is 0.770. The Kier molecular flexibility index (Phi) is 4.96. The Hall–Kier alpha value is -2.24. The molecule has 6 heteroatoms. The molecular weight excluding hydrogens is 260 g/mol. The van der Waals surface area contributed by atoms with E-state index < -0.39 is 17.4 Å². The van der Waals surface area contributed by atoms with E-state index in [1.807, 2.05) is 0 Å². The number of carbonyl (C=O) groups excluding carboxylic acids is 1. The number of aliphatic carboxylic acids is 1. The molecule has 0 fully saturated rings. The number of amides is 2. The fraction of sp³-hybridized carbons (Fsp3) is 0.429. The highest BCUT2D eigenvalue weighted by Gasteiger charge is 2.28. The standard InChI is InChI=1S/C14H20N2O4/c1-4-16(10-6-5-7-11(17)8-10)13(20)15-9-14(2,3)12(18)19/h5-8,17H,4,9H2,1-3H3,(H,15,20)(H,18,19). The molecule has 0 bridgehead atoms. The second-order valence-electron chi connectivity index (χ2n) is 5.11. The summed E-state index contributed by atoms with van der Waals surface area (Å²) < 4.78 is 0. The number of benzene rings is 1. The third-order valence-electron chi connectivity index (χ3n) is 2.96. The summed E-state index contributed by atoms with van der Waals surface area (Å²) in [6.45, 7) is 5.31. The maximum atomic E-state index is 12.1. The van der Waals surface area contributed by atoms with Crippen molar-refractivity contribution in [3.05, 3.63) is 24.3 Å². The second-order valence-corrected chi connectivity index (χ2v) is 5.11. The van der Waals surface area contributed by atoms with Crippen LogP contribution in [-0.4, -0.2) is 35.3 Å². The first kappa shape index (κ1) is 15.8. The first-order valence-corrected chi connectivity index (χ1v) is 6.35. The molecule has 0 aliphatic heterocycles. The molecule has 110 valence electrons. The topological polar surface area (TPSA) is 89.9 Å². The lowest BCUT2D eigenvalue weighted by atomic mass is 9.94. The summed E-state index contributed by atoms with van der Waals surface area (Å²) in [5.41, 5.74) is -0.480. The van der Waals surface area contributed by atoms with E-state index in [0.717, 1.165) is 0 Å². The number of nitrogens with one attached hydrogen (secondary N) is 1. The van der Waals surface area contributed by atoms with E-state index in [1.54, 1.807) is 32.9 Å². The molecule has 3 N–H and O–H groups in total. The van der Waals surface area contributed by atoms with Gasteiger partial charge in [-0.2, -0.15) is 0 Å². The lowest BCUT2D eigenvalue weighted by molar-refractivity contribution is -0.146. The zero-order chi connectivity index (χ0) is 15.3. The predicted molar refractivity (Wildman–Crippen MR) is 75.9 cm³/mol. The van der Waals surface area contributed by atoms with Crippen molar-refractivity contribution >= 4 is 17.7 Å². The van der Waals surface area contributed by atoms with E-state index in [2.05, 4.69) is 5.32 Å². The lowest BCUT2D eigenvalue weighted by Crippen LogP contribution is -2.45. The number of aromatic hydroxyl groups is 1. The van der Waals surface area contributed by atoms with E-state index in [9.17, 15) is 14.7 Å². The van der Waals surface area contributed by atoms with Crippen molar-refractivity contribution in [1.29, 1.82) is 0 Å². The predicted octanol–water partition coefficient (Wildman–Crippen LogP) is 2.04. The number of phenolic OH excluding ortho intramolecular Hbond substituents is 1. The SMILES string of the molecule is CCN(C(=O)NCC(C)(C)C(=O)O)c1cccc(O)c1. The second kappa shape index (κ2) is 6.27. The highest BCUT2D eigenvalue weighted by atomic mass is 16.4. The van der Waals surface area contributed by atoms with Gasteiger partial charge in [0.15, 0.2) is 0 Å². The van der Waals surface area contributed by atoms with Gasteiger partial charge in [-0.15, -0.1) is 0 Å². The van der Waals surface area contributed by atoms with E-state index in [0.29, 0.717) is 12.2 Å². The molecule has 0 atom stereocenters. The van der Waals surface area contributed by atoms with Crippen LogP contribution in [0.4, 0.5) is 10.5 Å². The van der Waals surface area contributed by atoms with Crippen molar-refractivity contribution in [2.24, 2.45) is 5.41 Å². The number of carbonyl (C=O) groups is 2. The third-order valence-corrected chi connectivity index (χ3v) is 2.96. The van der Waals surface area contributed by atoms with Gasteiger partial charge in [0.05, 0.1) is 5.41 Å². The Morgan fingerprint density at radius 3 is 2.50 bits per heavy atom. The minimum absolute atomic E-state index is 0.0243. The van der Waals surface area contributed by atoms with Crippen LogP contribution in [0.5, 0.6) is 5.75 Å². The van der Waals surface area contributed by atoms with Crippen LogP contribution in [-0.2, 0) is 4.79 Å². The van der Waals surface area contributed by atoms with Crippen LogP contribution in [0.3, 0.4) is 0 Å². The van der Waals surface area contributed by atoms with Gasteiger partial charge in [-0.1, -0.05) is 6.07 Å². The Morgan fingerprint density at radius 2 is 2.00 bits per heavy atom. The number of carboxylic acids is 1. The molecular formula is C14H20N2O4. The Labute approximate surface area is 118 Å². The number of nitrogens with zero attached hydrogens (tertiary/aromatic N) is 1. The maximum absolute atomic E-state index is 12.1. The molecule has 6 nitrogen and oxygen atoms in total. The van der Waals surface area contributed by atoms with E-state index in [-0.39, 0.29) is 12.3 Å². The molecule has 0 heterocycles. The van der Waals surface area contributed by atoms with Crippen molar-refractivity contribution in [3.63, 3.8) is 0 Å². The van der Waals surface area contributed by atoms with Gasteiger partial charge < -0.3 is 15.5 Å². The summed E-state index contributed by atoms with van der Waals surface area (Å²) in [6.07, 6.45) is 0. The lowest BCUT2D eigenvalue weighted by Gasteiger charge is -2.25. The summed E-state index contributed by atoms with van der Waals surface area (Å²) in [6, 6.07) is 5.94. The average molecular weight is 280 g/mol. The summed E-state index contributed by atoms with van der Waals surface area (Å²) in [5, 5.41) is 21.0. The number of anilines is 1. The van der Waals surface area contributed by atoms with E-state index in [1.165, 1.54) is 17.0 Å². The van der Waals surface area contributed by atoms with Gasteiger partial charge in [-0.05, 0) is 32.9 Å². The van der Waals surface area contributed by atoms with Crippen LogP contribution in [0.25, 0.3) is 0 Å². The molecule has 0 aliphatic rings. The van der Waals surface area contributed by atoms with Crippen molar-refractivity contribution in [1.82, 2.24) is 5.32 Å². The molecule has 0 radical (unpaired) electrons. The largest absolute Gasteiger partial charge is 0.508 e. The average Bonchev–Trinajstić information content (AvgIpc) is 2.37. The van der Waals surface area contributed by atoms with Crippen LogP contribution < -0.4 is 10.2 Å². The maximum Gasteiger partial charge on any atom is 0.321 e. The van der Waals surface area contributed by atoms with Gasteiger partial charge in [0.2, 0.25) is 0 Å². The molecule has 20 heavy (non-hydrogen) atoms. The normalized spacial score (nSPS) is 10.9. The number of urea groups is 1. The van der Waals surface area contributed by atoms with Gasteiger partial charge >= 0.3 is 12.0 Å². The van der Waals surface area contributed by atoms with Crippen LogP contribution in [0.15, 0.2) is 24.3 Å². The molecule has 0 unspecified atom stereocenters. The van der Waals surface area contributed by atoms with Crippen LogP contribution in [0, 0.1) is 5.41 Å². The first-order chi connectivity index (χ1) is 9.27. The Bertz CT molecular complexity index is 500. The summed E-state index contributed by atoms with van der Waals surface area (Å²) in [4.78, 5) is 24.5. The number of hydrogen-bond donors (Lipinski definition) is 3. The van der Waals surface area contributed by atoms with Crippen molar-refractivity contribution < 1.29 is 19.8 Å². The molecule has 1 aromatic rings. The monoisotopic (exact) mass is 280 g/mol. The Morgan fingerprint density at radius 1 is 1.35 bits per heavy atom. The minimum atomic E-state index is -1.03. The molecule has 2 amide bonds. The third kappa shape index (κ3) is 3.88. The number of rotatable bonds is 5. The first-order valence-electron chi connectivity index (χ1n) is 6.35. The molecule has 0 aliphatic carbocycles. The highest BCUT2D eigenvalue weighted by molar-refractivity contribution is 5.92. The van der Waals surface area contributed by atoms with Crippen molar-refractivity contribution in [2.45, 2.75) is 20.8 Å². The molecule has 0 saturated carbocycles. The molecule has 1 aromatic carbocycles. The van der Waals surface area contributed by atoms with E-state index >= 15 is 0 Å². The van der Waals surface area contributed by atoms with Gasteiger partial charge in [0, 0.05) is 24.8 Å². The molecule has 1 rings (SSSR count).